The largest absolute Gasteiger partial charge is 0.444 e. The summed E-state index contributed by atoms with van der Waals surface area (Å²) in [7, 11) is 0. The zero-order valence-corrected chi connectivity index (χ0v) is 15.8. The Hall–Kier alpha value is -2.55. The van der Waals surface area contributed by atoms with Gasteiger partial charge < -0.3 is 14.8 Å². The van der Waals surface area contributed by atoms with Crippen LogP contribution in [0, 0.1) is 0 Å². The normalized spacial score (nSPS) is 16.7. The number of amides is 4. The van der Waals surface area contributed by atoms with Gasteiger partial charge in [0.1, 0.15) is 18.2 Å². The van der Waals surface area contributed by atoms with Crippen LogP contribution in [0.2, 0.25) is 0 Å². The number of imide groups is 3. The van der Waals surface area contributed by atoms with E-state index < -0.39 is 35.6 Å². The van der Waals surface area contributed by atoms with E-state index >= 15 is 0 Å². The molecule has 0 aromatic heterocycles. The fourth-order valence-electron chi connectivity index (χ4n) is 2.17. The molecule has 4 amide bonds. The van der Waals surface area contributed by atoms with Crippen molar-refractivity contribution in [3.8, 4) is 0 Å². The zero-order chi connectivity index (χ0) is 18.6. The summed E-state index contributed by atoms with van der Waals surface area (Å²) in [5.74, 6) is -1.57. The summed E-state index contributed by atoms with van der Waals surface area (Å²) < 4.78 is 10.0. The van der Waals surface area contributed by atoms with Gasteiger partial charge >= 0.3 is 12.2 Å². The number of ether oxygens (including phenoxy) is 2. The van der Waals surface area contributed by atoms with Crippen LogP contribution in [0.3, 0.4) is 0 Å². The second-order valence-corrected chi connectivity index (χ2v) is 6.51. The highest BCUT2D eigenvalue weighted by Gasteiger charge is 2.44. The Morgan fingerprint density at radius 3 is 2.38 bits per heavy atom. The van der Waals surface area contributed by atoms with E-state index in [0.717, 1.165) is 5.56 Å². The van der Waals surface area contributed by atoms with E-state index in [-0.39, 0.29) is 26.5 Å². The minimum atomic E-state index is -1.15. The number of likely N-dealkylation sites (tertiary alicyclic amines) is 1. The van der Waals surface area contributed by atoms with Gasteiger partial charge in [0.25, 0.3) is 5.91 Å². The standard InChI is InChI=1S/C17H20N2O6.H2S/c1-17(2,3)25-15(22)18-12-9-13(20)19(14(12)21)16(23)24-10-11-7-5-4-6-8-11;/h4-8,12H,9-10H2,1-3H3,(H,18,22);1H2/t12-;/m0./s1. The maximum absolute atomic E-state index is 12.2. The average molecular weight is 382 g/mol. The molecule has 8 nitrogen and oxygen atoms in total. The summed E-state index contributed by atoms with van der Waals surface area (Å²) in [5, 5.41) is 2.29. The smallest absolute Gasteiger partial charge is 0.423 e. The van der Waals surface area contributed by atoms with E-state index in [1.54, 1.807) is 45.0 Å². The summed E-state index contributed by atoms with van der Waals surface area (Å²) in [6.45, 7) is 4.94. The van der Waals surface area contributed by atoms with Crippen molar-refractivity contribution in [3.63, 3.8) is 0 Å². The molecule has 0 spiro atoms. The van der Waals surface area contributed by atoms with Crippen molar-refractivity contribution in [1.82, 2.24) is 10.2 Å². The topological polar surface area (TPSA) is 102 Å². The van der Waals surface area contributed by atoms with E-state index in [0.29, 0.717) is 4.90 Å². The third-order valence-corrected chi connectivity index (χ3v) is 3.23. The van der Waals surface area contributed by atoms with Gasteiger partial charge in [0, 0.05) is 0 Å². The number of nitrogens with zero attached hydrogens (tertiary/aromatic N) is 1. The van der Waals surface area contributed by atoms with Gasteiger partial charge in [0.05, 0.1) is 6.42 Å². The van der Waals surface area contributed by atoms with Crippen molar-refractivity contribution < 1.29 is 28.7 Å². The van der Waals surface area contributed by atoms with Crippen LogP contribution in [0.25, 0.3) is 0 Å². The molecule has 9 heteroatoms. The molecule has 0 unspecified atom stereocenters. The summed E-state index contributed by atoms with van der Waals surface area (Å²) >= 11 is 0. The Morgan fingerprint density at radius 2 is 1.81 bits per heavy atom. The SMILES string of the molecule is CC(C)(C)OC(=O)N[C@H]1CC(=O)N(C(=O)OCc2ccccc2)C1=O.S. The summed E-state index contributed by atoms with van der Waals surface area (Å²) in [6, 6.07) is 7.70. The molecule has 0 radical (unpaired) electrons. The molecule has 1 saturated heterocycles. The number of benzene rings is 1. The van der Waals surface area contributed by atoms with Gasteiger partial charge in [-0.3, -0.25) is 9.59 Å². The van der Waals surface area contributed by atoms with Gasteiger partial charge in [-0.2, -0.15) is 18.4 Å². The fraction of sp³-hybridized carbons (Fsp3) is 0.412. The number of carbonyl (C=O) groups is 4. The maximum Gasteiger partial charge on any atom is 0.423 e. The highest BCUT2D eigenvalue weighted by Crippen LogP contribution is 2.16. The van der Waals surface area contributed by atoms with Crippen LogP contribution >= 0.6 is 13.5 Å². The predicted molar refractivity (Wildman–Crippen MR) is 96.6 cm³/mol. The van der Waals surface area contributed by atoms with Crippen LogP contribution in [0.1, 0.15) is 32.8 Å². The van der Waals surface area contributed by atoms with E-state index in [1.807, 2.05) is 6.07 Å². The molecule has 0 bridgehead atoms. The average Bonchev–Trinajstić information content (AvgIpc) is 2.78. The van der Waals surface area contributed by atoms with Crippen molar-refractivity contribution in [2.24, 2.45) is 0 Å². The van der Waals surface area contributed by atoms with Crippen LogP contribution in [-0.2, 0) is 25.7 Å². The van der Waals surface area contributed by atoms with Crippen molar-refractivity contribution in [2.45, 2.75) is 45.4 Å². The molecular weight excluding hydrogens is 360 g/mol. The molecule has 1 heterocycles. The first-order valence-electron chi connectivity index (χ1n) is 7.74. The molecule has 1 atom stereocenters. The van der Waals surface area contributed by atoms with Gasteiger partial charge in [-0.15, -0.1) is 0 Å². The maximum atomic E-state index is 12.2. The van der Waals surface area contributed by atoms with E-state index in [2.05, 4.69) is 5.32 Å². The molecule has 142 valence electrons. The molecule has 1 aromatic carbocycles. The second kappa shape index (κ2) is 8.70. The molecule has 2 rings (SSSR count). The van der Waals surface area contributed by atoms with E-state index in [1.165, 1.54) is 0 Å². The monoisotopic (exact) mass is 382 g/mol. The van der Waals surface area contributed by atoms with Crippen molar-refractivity contribution in [1.29, 1.82) is 0 Å². The molecule has 26 heavy (non-hydrogen) atoms. The molecule has 1 aliphatic rings. The Bertz CT molecular complexity index is 686. The first-order valence-corrected chi connectivity index (χ1v) is 7.74. The molecule has 1 aliphatic heterocycles. The third kappa shape index (κ3) is 5.76. The van der Waals surface area contributed by atoms with E-state index in [9.17, 15) is 19.2 Å². The van der Waals surface area contributed by atoms with Gasteiger partial charge in [0.15, 0.2) is 0 Å². The molecule has 0 saturated carbocycles. The van der Waals surface area contributed by atoms with Crippen LogP contribution < -0.4 is 5.32 Å². The quantitative estimate of drug-likeness (QED) is 0.803. The van der Waals surface area contributed by atoms with Gasteiger partial charge in [-0.1, -0.05) is 30.3 Å². The number of carbonyl (C=O) groups excluding carboxylic acids is 4. The lowest BCUT2D eigenvalue weighted by Crippen LogP contribution is -2.45. The van der Waals surface area contributed by atoms with Crippen LogP contribution in [0.4, 0.5) is 9.59 Å². The minimum Gasteiger partial charge on any atom is -0.444 e. The number of hydrogen-bond acceptors (Lipinski definition) is 6. The number of rotatable bonds is 3. The van der Waals surface area contributed by atoms with Gasteiger partial charge in [-0.25, -0.2) is 9.59 Å². The highest BCUT2D eigenvalue weighted by atomic mass is 32.1. The molecule has 1 N–H and O–H groups in total. The lowest BCUT2D eigenvalue weighted by Gasteiger charge is -2.21. The summed E-state index contributed by atoms with van der Waals surface area (Å²) in [4.78, 5) is 48.3. The molecule has 1 aromatic rings. The number of hydrogen-bond donors (Lipinski definition) is 1. The Kier molecular flexibility index (Phi) is 7.19. The first-order chi connectivity index (χ1) is 11.7. The summed E-state index contributed by atoms with van der Waals surface area (Å²) in [6.07, 6.45) is -2.22. The van der Waals surface area contributed by atoms with E-state index in [4.69, 9.17) is 9.47 Å². The Morgan fingerprint density at radius 1 is 1.19 bits per heavy atom. The number of alkyl carbamates (subject to hydrolysis) is 1. The highest BCUT2D eigenvalue weighted by molar-refractivity contribution is 7.59. The molecule has 1 fully saturated rings. The predicted octanol–water partition coefficient (Wildman–Crippen LogP) is 2.09. The third-order valence-electron chi connectivity index (χ3n) is 3.23. The van der Waals surface area contributed by atoms with Crippen molar-refractivity contribution >= 4 is 37.5 Å². The zero-order valence-electron chi connectivity index (χ0n) is 14.8. The van der Waals surface area contributed by atoms with Gasteiger partial charge in [-0.05, 0) is 26.3 Å². The van der Waals surface area contributed by atoms with Gasteiger partial charge in [0.2, 0.25) is 5.91 Å². The molecule has 0 aliphatic carbocycles. The lowest BCUT2D eigenvalue weighted by molar-refractivity contribution is -0.136. The molecular formula is C17H22N2O6S. The van der Waals surface area contributed by atoms with Crippen LogP contribution in [0.15, 0.2) is 30.3 Å². The second-order valence-electron chi connectivity index (χ2n) is 6.51. The summed E-state index contributed by atoms with van der Waals surface area (Å²) in [5.41, 5.74) is -0.0253. The van der Waals surface area contributed by atoms with Crippen molar-refractivity contribution in [3.05, 3.63) is 35.9 Å². The first kappa shape index (κ1) is 21.5. The lowest BCUT2D eigenvalue weighted by atomic mass is 10.2. The fourth-order valence-corrected chi connectivity index (χ4v) is 2.17. The Labute approximate surface area is 158 Å². The Balaban J connectivity index is 0.00000338. The minimum absolute atomic E-state index is 0. The van der Waals surface area contributed by atoms with Crippen molar-refractivity contribution in [2.75, 3.05) is 0 Å². The number of nitrogens with one attached hydrogen (secondary N) is 1. The van der Waals surface area contributed by atoms with Crippen LogP contribution in [0.5, 0.6) is 0 Å². The van der Waals surface area contributed by atoms with Crippen LogP contribution in [-0.4, -0.2) is 40.5 Å².